The van der Waals surface area contributed by atoms with E-state index in [4.69, 9.17) is 0 Å². The summed E-state index contributed by atoms with van der Waals surface area (Å²) in [5.74, 6) is 0.0787. The van der Waals surface area contributed by atoms with Crippen molar-refractivity contribution in [1.29, 1.82) is 0 Å². The highest BCUT2D eigenvalue weighted by Crippen LogP contribution is 2.15. The van der Waals surface area contributed by atoms with Crippen LogP contribution in [0.3, 0.4) is 0 Å². The zero-order valence-electron chi connectivity index (χ0n) is 9.79. The Labute approximate surface area is 91.1 Å². The number of rotatable bonds is 3. The number of aryl methyl sites for hydroxylation is 2. The molecule has 0 atom stereocenters. The smallest absolute Gasteiger partial charge is 0.241 e. The highest BCUT2D eigenvalue weighted by Gasteiger charge is 2.04. The van der Waals surface area contributed by atoms with Gasteiger partial charge in [-0.3, -0.25) is 4.79 Å². The van der Waals surface area contributed by atoms with E-state index in [0.29, 0.717) is 6.54 Å². The normalized spacial score (nSPS) is 9.87. The number of hydrogen-bond acceptors (Lipinski definition) is 2. The molecule has 1 N–H and O–H groups in total. The van der Waals surface area contributed by atoms with Crippen molar-refractivity contribution in [2.24, 2.45) is 0 Å². The van der Waals surface area contributed by atoms with Gasteiger partial charge in [-0.15, -0.1) is 0 Å². The second-order valence-electron chi connectivity index (χ2n) is 3.96. The summed E-state index contributed by atoms with van der Waals surface area (Å²) in [6.07, 6.45) is 0. The van der Waals surface area contributed by atoms with Crippen LogP contribution in [0.2, 0.25) is 0 Å². The fourth-order valence-corrected chi connectivity index (χ4v) is 1.34. The van der Waals surface area contributed by atoms with E-state index in [1.807, 2.05) is 19.1 Å². The van der Waals surface area contributed by atoms with Gasteiger partial charge in [0.2, 0.25) is 5.91 Å². The van der Waals surface area contributed by atoms with E-state index in [1.54, 1.807) is 19.0 Å². The number of hydrogen-bond donors (Lipinski definition) is 1. The van der Waals surface area contributed by atoms with Crippen LogP contribution in [-0.2, 0) is 4.79 Å². The number of benzene rings is 1. The molecule has 0 aliphatic rings. The zero-order chi connectivity index (χ0) is 11.4. The third-order valence-corrected chi connectivity index (χ3v) is 2.31. The summed E-state index contributed by atoms with van der Waals surface area (Å²) in [6, 6.07) is 6.14. The number of amides is 1. The molecule has 0 spiro atoms. The molecule has 0 saturated heterocycles. The molecule has 0 aliphatic heterocycles. The Balaban J connectivity index is 2.62. The average molecular weight is 206 g/mol. The summed E-state index contributed by atoms with van der Waals surface area (Å²) in [5, 5.41) is 3.13. The van der Waals surface area contributed by atoms with Crippen LogP contribution >= 0.6 is 0 Å². The average Bonchev–Trinajstić information content (AvgIpc) is 2.15. The first kappa shape index (κ1) is 11.6. The maximum absolute atomic E-state index is 11.4. The van der Waals surface area contributed by atoms with Gasteiger partial charge in [-0.1, -0.05) is 17.7 Å². The van der Waals surface area contributed by atoms with E-state index in [-0.39, 0.29) is 5.91 Å². The molecule has 0 aromatic heterocycles. The van der Waals surface area contributed by atoms with Crippen LogP contribution in [0.15, 0.2) is 18.2 Å². The Bertz CT molecular complexity index is 359. The van der Waals surface area contributed by atoms with Gasteiger partial charge >= 0.3 is 0 Å². The van der Waals surface area contributed by atoms with Gasteiger partial charge in [0.15, 0.2) is 0 Å². The maximum atomic E-state index is 11.4. The third kappa shape index (κ3) is 3.27. The molecule has 0 fully saturated rings. The first-order valence-electron chi connectivity index (χ1n) is 5.02. The van der Waals surface area contributed by atoms with Crippen molar-refractivity contribution < 1.29 is 4.79 Å². The lowest BCUT2D eigenvalue weighted by Gasteiger charge is -2.13. The van der Waals surface area contributed by atoms with Crippen LogP contribution in [0.5, 0.6) is 0 Å². The quantitative estimate of drug-likeness (QED) is 0.818. The lowest BCUT2D eigenvalue weighted by Crippen LogP contribution is -2.28. The molecule has 0 bridgehead atoms. The van der Waals surface area contributed by atoms with E-state index < -0.39 is 0 Å². The maximum Gasteiger partial charge on any atom is 0.241 e. The molecule has 1 aromatic carbocycles. The molecule has 0 heterocycles. The van der Waals surface area contributed by atoms with Crippen molar-refractivity contribution >= 4 is 11.6 Å². The number of nitrogens with one attached hydrogen (secondary N) is 1. The van der Waals surface area contributed by atoms with Gasteiger partial charge in [0.25, 0.3) is 0 Å². The molecule has 1 aromatic rings. The minimum atomic E-state index is 0.0787. The summed E-state index contributed by atoms with van der Waals surface area (Å²) in [5.41, 5.74) is 3.43. The fourth-order valence-electron chi connectivity index (χ4n) is 1.34. The second-order valence-corrected chi connectivity index (χ2v) is 3.96. The molecule has 3 nitrogen and oxygen atoms in total. The Morgan fingerprint density at radius 3 is 2.53 bits per heavy atom. The second kappa shape index (κ2) is 4.82. The largest absolute Gasteiger partial charge is 0.376 e. The van der Waals surface area contributed by atoms with Gasteiger partial charge < -0.3 is 10.2 Å². The standard InChI is InChI=1S/C12H18N2O/c1-9-5-6-11(10(2)7-9)13-8-12(15)14(3)4/h5-7,13H,8H2,1-4H3. The Morgan fingerprint density at radius 1 is 1.33 bits per heavy atom. The minimum Gasteiger partial charge on any atom is -0.376 e. The topological polar surface area (TPSA) is 32.3 Å². The molecule has 82 valence electrons. The van der Waals surface area contributed by atoms with Crippen LogP contribution in [-0.4, -0.2) is 31.4 Å². The van der Waals surface area contributed by atoms with Crippen molar-refractivity contribution in [2.45, 2.75) is 13.8 Å². The Morgan fingerprint density at radius 2 is 2.00 bits per heavy atom. The molecule has 1 rings (SSSR count). The van der Waals surface area contributed by atoms with Crippen LogP contribution in [0, 0.1) is 13.8 Å². The third-order valence-electron chi connectivity index (χ3n) is 2.31. The van der Waals surface area contributed by atoms with Crippen LogP contribution < -0.4 is 5.32 Å². The van der Waals surface area contributed by atoms with Gasteiger partial charge in [-0.2, -0.15) is 0 Å². The number of likely N-dealkylation sites (N-methyl/N-ethyl adjacent to an activating group) is 1. The van der Waals surface area contributed by atoms with Crippen molar-refractivity contribution in [3.05, 3.63) is 29.3 Å². The molecule has 0 saturated carbocycles. The van der Waals surface area contributed by atoms with Crippen molar-refractivity contribution in [3.8, 4) is 0 Å². The minimum absolute atomic E-state index is 0.0787. The SMILES string of the molecule is Cc1ccc(NCC(=O)N(C)C)c(C)c1. The van der Waals surface area contributed by atoms with E-state index >= 15 is 0 Å². The zero-order valence-corrected chi connectivity index (χ0v) is 9.79. The van der Waals surface area contributed by atoms with E-state index in [0.717, 1.165) is 5.69 Å². The molecule has 0 unspecified atom stereocenters. The van der Waals surface area contributed by atoms with Crippen LogP contribution in [0.1, 0.15) is 11.1 Å². The van der Waals surface area contributed by atoms with Gasteiger partial charge in [0.05, 0.1) is 6.54 Å². The first-order valence-corrected chi connectivity index (χ1v) is 5.02. The van der Waals surface area contributed by atoms with Gasteiger partial charge in [0, 0.05) is 19.8 Å². The number of anilines is 1. The Kier molecular flexibility index (Phi) is 3.72. The van der Waals surface area contributed by atoms with Gasteiger partial charge in [-0.05, 0) is 25.5 Å². The van der Waals surface area contributed by atoms with E-state index in [9.17, 15) is 4.79 Å². The molecule has 0 radical (unpaired) electrons. The van der Waals surface area contributed by atoms with Crippen molar-refractivity contribution in [3.63, 3.8) is 0 Å². The predicted octanol–water partition coefficient (Wildman–Crippen LogP) is 1.80. The monoisotopic (exact) mass is 206 g/mol. The molecule has 1 amide bonds. The number of carbonyl (C=O) groups excluding carboxylic acids is 1. The van der Waals surface area contributed by atoms with Crippen LogP contribution in [0.25, 0.3) is 0 Å². The number of carbonyl (C=O) groups is 1. The molecular weight excluding hydrogens is 188 g/mol. The summed E-state index contributed by atoms with van der Waals surface area (Å²) < 4.78 is 0. The van der Waals surface area contributed by atoms with E-state index in [1.165, 1.54) is 11.1 Å². The fraction of sp³-hybridized carbons (Fsp3) is 0.417. The lowest BCUT2D eigenvalue weighted by molar-refractivity contribution is -0.126. The summed E-state index contributed by atoms with van der Waals surface area (Å²) >= 11 is 0. The van der Waals surface area contributed by atoms with Gasteiger partial charge in [-0.25, -0.2) is 0 Å². The summed E-state index contributed by atoms with van der Waals surface area (Å²) in [7, 11) is 3.51. The van der Waals surface area contributed by atoms with Crippen molar-refractivity contribution in [2.75, 3.05) is 26.0 Å². The number of nitrogens with zero attached hydrogens (tertiary/aromatic N) is 1. The Hall–Kier alpha value is -1.51. The van der Waals surface area contributed by atoms with Crippen LogP contribution in [0.4, 0.5) is 5.69 Å². The van der Waals surface area contributed by atoms with Gasteiger partial charge in [0.1, 0.15) is 0 Å². The summed E-state index contributed by atoms with van der Waals surface area (Å²) in [6.45, 7) is 4.44. The predicted molar refractivity (Wildman–Crippen MR) is 63.1 cm³/mol. The van der Waals surface area contributed by atoms with Crippen molar-refractivity contribution in [1.82, 2.24) is 4.90 Å². The lowest BCUT2D eigenvalue weighted by atomic mass is 10.1. The first-order chi connectivity index (χ1) is 7.00. The molecule has 3 heteroatoms. The molecule has 15 heavy (non-hydrogen) atoms. The van der Waals surface area contributed by atoms with E-state index in [2.05, 4.69) is 18.3 Å². The summed E-state index contributed by atoms with van der Waals surface area (Å²) in [4.78, 5) is 12.9. The highest BCUT2D eigenvalue weighted by molar-refractivity contribution is 5.80. The molecular formula is C12H18N2O. The highest BCUT2D eigenvalue weighted by atomic mass is 16.2. The molecule has 0 aliphatic carbocycles.